The van der Waals surface area contributed by atoms with Crippen molar-refractivity contribution in [2.45, 2.75) is 18.4 Å². The molecule has 0 aliphatic carbocycles. The maximum atomic E-state index is 13.8. The fourth-order valence-electron chi connectivity index (χ4n) is 3.57. The van der Waals surface area contributed by atoms with Crippen LogP contribution in [0.2, 0.25) is 0 Å². The number of likely N-dealkylation sites (tertiary alicyclic amines) is 1. The highest BCUT2D eigenvalue weighted by molar-refractivity contribution is 5.96. The molecule has 1 spiro atoms. The Morgan fingerprint density at radius 1 is 1.04 bits per heavy atom. The molecule has 0 atom stereocenters. The predicted molar refractivity (Wildman–Crippen MR) is 87.8 cm³/mol. The summed E-state index contributed by atoms with van der Waals surface area (Å²) in [6.07, 6.45) is 1.26. The van der Waals surface area contributed by atoms with Gasteiger partial charge in [-0.3, -0.25) is 9.59 Å². The molecule has 2 amide bonds. The van der Waals surface area contributed by atoms with Crippen molar-refractivity contribution in [1.82, 2.24) is 10.2 Å². The number of rotatable bonds is 2. The Bertz CT molecular complexity index is 838. The Hall–Kier alpha value is -2.76. The fourth-order valence-corrected chi connectivity index (χ4v) is 3.57. The first-order chi connectivity index (χ1) is 12.0. The van der Waals surface area contributed by atoms with Crippen LogP contribution in [-0.2, 0) is 4.79 Å². The van der Waals surface area contributed by atoms with E-state index in [0.29, 0.717) is 30.6 Å². The van der Waals surface area contributed by atoms with Gasteiger partial charge in [0.25, 0.3) is 5.91 Å². The van der Waals surface area contributed by atoms with E-state index in [0.717, 1.165) is 6.42 Å². The Morgan fingerprint density at radius 2 is 1.68 bits per heavy atom. The smallest absolute Gasteiger partial charge is 0.254 e. The third kappa shape index (κ3) is 2.67. The van der Waals surface area contributed by atoms with Crippen molar-refractivity contribution in [2.75, 3.05) is 13.1 Å². The van der Waals surface area contributed by atoms with E-state index in [1.165, 1.54) is 18.2 Å². The summed E-state index contributed by atoms with van der Waals surface area (Å²) in [7, 11) is 0. The lowest BCUT2D eigenvalue weighted by Crippen LogP contribution is -2.68. The second-order valence-corrected chi connectivity index (χ2v) is 6.66. The lowest BCUT2D eigenvalue weighted by atomic mass is 9.87. The van der Waals surface area contributed by atoms with Crippen LogP contribution in [0.15, 0.2) is 42.5 Å². The maximum absolute atomic E-state index is 13.8. The Kier molecular flexibility index (Phi) is 3.56. The molecule has 1 N–H and O–H groups in total. The number of nitrogens with one attached hydrogen (secondary N) is 1. The molecule has 0 saturated carbocycles. The molecule has 2 fully saturated rings. The molecule has 2 aromatic rings. The van der Waals surface area contributed by atoms with Gasteiger partial charge in [-0.1, -0.05) is 18.2 Å². The van der Waals surface area contributed by atoms with Gasteiger partial charge in [-0.05, 0) is 36.2 Å². The minimum Gasteiger partial charge on any atom is -0.347 e. The van der Waals surface area contributed by atoms with Gasteiger partial charge in [-0.15, -0.1) is 0 Å². The highest BCUT2D eigenvalue weighted by Crippen LogP contribution is 2.32. The summed E-state index contributed by atoms with van der Waals surface area (Å²) in [5.74, 6) is -1.39. The molecule has 2 aliphatic rings. The summed E-state index contributed by atoms with van der Waals surface area (Å²) in [6, 6.07) is 9.94. The quantitative estimate of drug-likeness (QED) is 0.912. The SMILES string of the molecule is O=C1CCC2(CN(C(=O)c3ccc(-c4c(F)cccc4F)cc3)C2)N1. The molecule has 0 aromatic heterocycles. The maximum Gasteiger partial charge on any atom is 0.254 e. The van der Waals surface area contributed by atoms with E-state index in [-0.39, 0.29) is 22.9 Å². The summed E-state index contributed by atoms with van der Waals surface area (Å²) in [4.78, 5) is 25.5. The van der Waals surface area contributed by atoms with Gasteiger partial charge in [0.05, 0.1) is 11.1 Å². The molecule has 6 heteroatoms. The van der Waals surface area contributed by atoms with E-state index in [2.05, 4.69) is 5.32 Å². The first-order valence-corrected chi connectivity index (χ1v) is 8.12. The van der Waals surface area contributed by atoms with Gasteiger partial charge >= 0.3 is 0 Å². The average Bonchev–Trinajstić information content (AvgIpc) is 2.96. The topological polar surface area (TPSA) is 49.4 Å². The molecule has 4 nitrogen and oxygen atoms in total. The van der Waals surface area contributed by atoms with Gasteiger partial charge in [0.15, 0.2) is 0 Å². The number of halogens is 2. The van der Waals surface area contributed by atoms with Crippen molar-refractivity contribution in [1.29, 1.82) is 0 Å². The van der Waals surface area contributed by atoms with Crippen molar-refractivity contribution in [3.8, 4) is 11.1 Å². The lowest BCUT2D eigenvalue weighted by molar-refractivity contribution is -0.120. The van der Waals surface area contributed by atoms with E-state index >= 15 is 0 Å². The number of amides is 2. The Labute approximate surface area is 143 Å². The second-order valence-electron chi connectivity index (χ2n) is 6.66. The predicted octanol–water partition coefficient (Wildman–Crippen LogP) is 2.74. The standard InChI is InChI=1S/C19H16F2N2O2/c20-14-2-1-3-15(21)17(14)12-4-6-13(7-5-12)18(25)23-10-19(11-23)9-8-16(24)22-19/h1-7H,8-11H2,(H,22,24). The third-order valence-corrected chi connectivity index (χ3v) is 4.89. The number of hydrogen-bond acceptors (Lipinski definition) is 2. The van der Waals surface area contributed by atoms with E-state index in [1.54, 1.807) is 29.2 Å². The monoisotopic (exact) mass is 342 g/mol. The molecule has 128 valence electrons. The summed E-state index contributed by atoms with van der Waals surface area (Å²) >= 11 is 0. The summed E-state index contributed by atoms with van der Waals surface area (Å²) in [5.41, 5.74) is 0.483. The second kappa shape index (κ2) is 5.65. The van der Waals surface area contributed by atoms with Crippen LogP contribution in [0.25, 0.3) is 11.1 Å². The van der Waals surface area contributed by atoms with E-state index in [4.69, 9.17) is 0 Å². The zero-order valence-electron chi connectivity index (χ0n) is 13.4. The van der Waals surface area contributed by atoms with E-state index < -0.39 is 11.6 Å². The molecule has 2 heterocycles. The first-order valence-electron chi connectivity index (χ1n) is 8.12. The first kappa shape index (κ1) is 15.7. The zero-order valence-corrected chi connectivity index (χ0v) is 13.4. The van der Waals surface area contributed by atoms with Crippen LogP contribution >= 0.6 is 0 Å². The van der Waals surface area contributed by atoms with Crippen molar-refractivity contribution < 1.29 is 18.4 Å². The Morgan fingerprint density at radius 3 is 2.24 bits per heavy atom. The molecule has 0 unspecified atom stereocenters. The Balaban J connectivity index is 1.49. The molecule has 2 aromatic carbocycles. The van der Waals surface area contributed by atoms with E-state index in [9.17, 15) is 18.4 Å². The van der Waals surface area contributed by atoms with Gasteiger partial charge in [0.1, 0.15) is 11.6 Å². The van der Waals surface area contributed by atoms with Crippen molar-refractivity contribution in [2.24, 2.45) is 0 Å². The molecule has 2 aliphatic heterocycles. The third-order valence-electron chi connectivity index (χ3n) is 4.89. The molecule has 2 saturated heterocycles. The van der Waals surface area contributed by atoms with Crippen LogP contribution in [0.4, 0.5) is 8.78 Å². The van der Waals surface area contributed by atoms with E-state index in [1.807, 2.05) is 0 Å². The summed E-state index contributed by atoms with van der Waals surface area (Å²) < 4.78 is 27.7. The van der Waals surface area contributed by atoms with Crippen LogP contribution in [0.1, 0.15) is 23.2 Å². The normalized spacial score (nSPS) is 18.2. The number of hydrogen-bond donors (Lipinski definition) is 1. The molecule has 0 bridgehead atoms. The zero-order chi connectivity index (χ0) is 17.6. The highest BCUT2D eigenvalue weighted by atomic mass is 19.1. The van der Waals surface area contributed by atoms with Gasteiger partial charge < -0.3 is 10.2 Å². The number of benzene rings is 2. The number of carbonyl (C=O) groups excluding carboxylic acids is 2. The van der Waals surface area contributed by atoms with Crippen LogP contribution in [0.5, 0.6) is 0 Å². The summed E-state index contributed by atoms with van der Waals surface area (Å²) in [6.45, 7) is 1.00. The van der Waals surface area contributed by atoms with Crippen LogP contribution < -0.4 is 5.32 Å². The van der Waals surface area contributed by atoms with Gasteiger partial charge in [0.2, 0.25) is 5.91 Å². The van der Waals surface area contributed by atoms with Crippen molar-refractivity contribution >= 4 is 11.8 Å². The lowest BCUT2D eigenvalue weighted by Gasteiger charge is -2.47. The van der Waals surface area contributed by atoms with Gasteiger partial charge in [0, 0.05) is 25.1 Å². The van der Waals surface area contributed by atoms with Crippen molar-refractivity contribution in [3.63, 3.8) is 0 Å². The molecular formula is C19H16F2N2O2. The fraction of sp³-hybridized carbons (Fsp3) is 0.263. The largest absolute Gasteiger partial charge is 0.347 e. The molecular weight excluding hydrogens is 326 g/mol. The average molecular weight is 342 g/mol. The van der Waals surface area contributed by atoms with Crippen molar-refractivity contribution in [3.05, 3.63) is 59.7 Å². The molecule has 0 radical (unpaired) electrons. The highest BCUT2D eigenvalue weighted by Gasteiger charge is 2.49. The molecule has 25 heavy (non-hydrogen) atoms. The van der Waals surface area contributed by atoms with Crippen LogP contribution in [0, 0.1) is 11.6 Å². The molecule has 4 rings (SSSR count). The number of carbonyl (C=O) groups is 2. The van der Waals surface area contributed by atoms with Crippen LogP contribution in [0.3, 0.4) is 0 Å². The van der Waals surface area contributed by atoms with Gasteiger partial charge in [-0.2, -0.15) is 0 Å². The minimum absolute atomic E-state index is 0.0309. The number of nitrogens with zero attached hydrogens (tertiary/aromatic N) is 1. The minimum atomic E-state index is -0.638. The van der Waals surface area contributed by atoms with Gasteiger partial charge in [-0.25, -0.2) is 8.78 Å². The van der Waals surface area contributed by atoms with Crippen LogP contribution in [-0.4, -0.2) is 35.3 Å². The summed E-state index contributed by atoms with van der Waals surface area (Å²) in [5, 5.41) is 2.93.